The van der Waals surface area contributed by atoms with Crippen molar-refractivity contribution in [2.24, 2.45) is 0 Å². The van der Waals surface area contributed by atoms with Crippen LogP contribution in [0.5, 0.6) is 28.7 Å². The summed E-state index contributed by atoms with van der Waals surface area (Å²) < 4.78 is 22.4. The zero-order chi connectivity index (χ0) is 24.8. The van der Waals surface area contributed by atoms with Crippen LogP contribution in [0.2, 0.25) is 0 Å². The summed E-state index contributed by atoms with van der Waals surface area (Å²) in [5.41, 5.74) is 4.10. The molecule has 0 bridgehead atoms. The van der Waals surface area contributed by atoms with Gasteiger partial charge in [0.2, 0.25) is 0 Å². The highest BCUT2D eigenvalue weighted by atomic mass is 16.5. The van der Waals surface area contributed by atoms with E-state index in [4.69, 9.17) is 18.9 Å². The third kappa shape index (κ3) is 5.56. The van der Waals surface area contributed by atoms with Gasteiger partial charge < -0.3 is 24.1 Å². The first-order chi connectivity index (χ1) is 16.3. The molecular weight excluding hydrogens is 432 g/mol. The lowest BCUT2D eigenvalue weighted by molar-refractivity contribution is 0.0844. The zero-order valence-electron chi connectivity index (χ0n) is 20.9. The van der Waals surface area contributed by atoms with E-state index in [1.807, 2.05) is 6.07 Å². The van der Waals surface area contributed by atoms with Crippen molar-refractivity contribution in [3.05, 3.63) is 64.3 Å². The fraction of sp³-hybridized carbons (Fsp3) is 0.393. The standard InChI is InChI=1S/C28H34O6/c1-17(2)8-7-9-18(3)10-12-20-24(32-5)16-26-27(28(20)30)21(29)15-23(34-26)19-11-13-22(31-4)25(14-19)33-6/h8,10-11,13-14,16,23,30H,7,9,12,15H2,1-6H3. The predicted molar refractivity (Wildman–Crippen MR) is 133 cm³/mol. The molecule has 182 valence electrons. The molecule has 0 radical (unpaired) electrons. The van der Waals surface area contributed by atoms with Crippen molar-refractivity contribution in [3.8, 4) is 28.7 Å². The molecule has 34 heavy (non-hydrogen) atoms. The van der Waals surface area contributed by atoms with E-state index in [0.717, 1.165) is 18.4 Å². The van der Waals surface area contributed by atoms with Crippen LogP contribution in [0, 0.1) is 0 Å². The number of aromatic hydroxyl groups is 1. The van der Waals surface area contributed by atoms with Crippen LogP contribution >= 0.6 is 0 Å². The van der Waals surface area contributed by atoms with Crippen molar-refractivity contribution >= 4 is 5.78 Å². The number of phenols is 1. The molecule has 6 nitrogen and oxygen atoms in total. The highest BCUT2D eigenvalue weighted by Crippen LogP contribution is 2.45. The Labute approximate surface area is 201 Å². The summed E-state index contributed by atoms with van der Waals surface area (Å²) in [4.78, 5) is 13.1. The molecule has 0 aromatic heterocycles. The predicted octanol–water partition coefficient (Wildman–Crippen LogP) is 6.36. The molecule has 0 saturated carbocycles. The lowest BCUT2D eigenvalue weighted by atomic mass is 9.92. The van der Waals surface area contributed by atoms with Gasteiger partial charge in [0.15, 0.2) is 17.3 Å². The first-order valence-corrected chi connectivity index (χ1v) is 11.4. The largest absolute Gasteiger partial charge is 0.507 e. The zero-order valence-corrected chi connectivity index (χ0v) is 20.9. The van der Waals surface area contributed by atoms with Gasteiger partial charge in [0.1, 0.15) is 28.9 Å². The number of fused-ring (bicyclic) bond motifs is 1. The fourth-order valence-electron chi connectivity index (χ4n) is 4.08. The molecule has 2 aromatic carbocycles. The first-order valence-electron chi connectivity index (χ1n) is 11.4. The van der Waals surface area contributed by atoms with Crippen molar-refractivity contribution < 1.29 is 28.8 Å². The van der Waals surface area contributed by atoms with Gasteiger partial charge in [-0.05, 0) is 57.7 Å². The van der Waals surface area contributed by atoms with Gasteiger partial charge in [-0.2, -0.15) is 0 Å². The summed E-state index contributed by atoms with van der Waals surface area (Å²) in [6, 6.07) is 7.13. The minimum absolute atomic E-state index is 0.0709. The monoisotopic (exact) mass is 466 g/mol. The van der Waals surface area contributed by atoms with Crippen molar-refractivity contribution in [2.75, 3.05) is 21.3 Å². The van der Waals surface area contributed by atoms with Crippen LogP contribution in [0.3, 0.4) is 0 Å². The number of phenolic OH excluding ortho intramolecular Hbond substituents is 1. The second kappa shape index (κ2) is 11.1. The molecule has 1 unspecified atom stereocenters. The summed E-state index contributed by atoms with van der Waals surface area (Å²) in [6.45, 7) is 6.25. The molecule has 0 amide bonds. The molecule has 1 aliphatic heterocycles. The maximum atomic E-state index is 13.1. The quantitative estimate of drug-likeness (QED) is 0.434. The minimum Gasteiger partial charge on any atom is -0.507 e. The van der Waals surface area contributed by atoms with E-state index in [1.165, 1.54) is 11.1 Å². The molecule has 3 rings (SSSR count). The van der Waals surface area contributed by atoms with Gasteiger partial charge in [0.25, 0.3) is 0 Å². The maximum absolute atomic E-state index is 13.1. The normalized spacial score (nSPS) is 15.3. The first kappa shape index (κ1) is 25.2. The Bertz CT molecular complexity index is 1110. The number of carbonyl (C=O) groups excluding carboxylic acids is 1. The second-order valence-electron chi connectivity index (χ2n) is 8.70. The number of hydrogen-bond donors (Lipinski definition) is 1. The Hall–Kier alpha value is -3.41. The van der Waals surface area contributed by atoms with Gasteiger partial charge in [-0.15, -0.1) is 0 Å². The van der Waals surface area contributed by atoms with Crippen LogP contribution in [0.1, 0.15) is 67.6 Å². The highest BCUT2D eigenvalue weighted by molar-refractivity contribution is 6.03. The summed E-state index contributed by atoms with van der Waals surface area (Å²) >= 11 is 0. The molecule has 1 atom stereocenters. The van der Waals surface area contributed by atoms with Gasteiger partial charge in [0, 0.05) is 11.6 Å². The number of ketones is 1. The van der Waals surface area contributed by atoms with Gasteiger partial charge in [-0.1, -0.05) is 29.4 Å². The molecule has 0 saturated heterocycles. The van der Waals surface area contributed by atoms with Crippen LogP contribution < -0.4 is 18.9 Å². The summed E-state index contributed by atoms with van der Waals surface area (Å²) in [6.07, 6.45) is 6.26. The van der Waals surface area contributed by atoms with Crippen molar-refractivity contribution in [1.82, 2.24) is 0 Å². The molecule has 0 spiro atoms. The minimum atomic E-state index is -0.507. The number of rotatable bonds is 9. The Morgan fingerprint density at radius 2 is 1.74 bits per heavy atom. The fourth-order valence-corrected chi connectivity index (χ4v) is 4.08. The molecular formula is C28H34O6. The number of benzene rings is 2. The average Bonchev–Trinajstić information content (AvgIpc) is 2.82. The number of ether oxygens (including phenoxy) is 4. The highest BCUT2D eigenvalue weighted by Gasteiger charge is 2.33. The number of allylic oxidation sites excluding steroid dienone is 4. The Morgan fingerprint density at radius 3 is 2.38 bits per heavy atom. The lowest BCUT2D eigenvalue weighted by Crippen LogP contribution is -2.21. The SMILES string of the molecule is COc1ccc(C2CC(=O)c3c(cc(OC)c(CC=C(C)CCC=C(C)C)c3O)O2)cc1OC. The van der Waals surface area contributed by atoms with E-state index in [9.17, 15) is 9.90 Å². The Morgan fingerprint density at radius 1 is 1.03 bits per heavy atom. The van der Waals surface area contributed by atoms with Crippen LogP contribution in [-0.2, 0) is 6.42 Å². The number of carbonyl (C=O) groups is 1. The Kier molecular flexibility index (Phi) is 8.26. The smallest absolute Gasteiger partial charge is 0.174 e. The second-order valence-corrected chi connectivity index (χ2v) is 8.70. The Balaban J connectivity index is 1.89. The van der Waals surface area contributed by atoms with E-state index >= 15 is 0 Å². The number of methoxy groups -OCH3 is 3. The van der Waals surface area contributed by atoms with Crippen molar-refractivity contribution in [3.63, 3.8) is 0 Å². The van der Waals surface area contributed by atoms with Crippen LogP contribution in [-0.4, -0.2) is 32.2 Å². The lowest BCUT2D eigenvalue weighted by Gasteiger charge is -2.28. The van der Waals surface area contributed by atoms with Gasteiger partial charge >= 0.3 is 0 Å². The van der Waals surface area contributed by atoms with Crippen LogP contribution in [0.15, 0.2) is 47.6 Å². The average molecular weight is 467 g/mol. The van der Waals surface area contributed by atoms with E-state index in [2.05, 4.69) is 32.9 Å². The maximum Gasteiger partial charge on any atom is 0.174 e. The summed E-state index contributed by atoms with van der Waals surface area (Å²) in [5.74, 6) is 1.72. The van der Waals surface area contributed by atoms with Gasteiger partial charge in [0.05, 0.1) is 27.8 Å². The third-order valence-corrected chi connectivity index (χ3v) is 5.99. The molecule has 1 heterocycles. The van der Waals surface area contributed by atoms with E-state index in [0.29, 0.717) is 35.0 Å². The van der Waals surface area contributed by atoms with Crippen molar-refractivity contribution in [2.45, 2.75) is 52.6 Å². The van der Waals surface area contributed by atoms with E-state index < -0.39 is 6.10 Å². The third-order valence-electron chi connectivity index (χ3n) is 5.99. The number of Topliss-reactive ketones (excluding diaryl/α,β-unsaturated/α-hetero) is 1. The molecule has 0 aliphatic carbocycles. The van der Waals surface area contributed by atoms with Crippen LogP contribution in [0.4, 0.5) is 0 Å². The van der Waals surface area contributed by atoms with E-state index in [-0.39, 0.29) is 23.5 Å². The summed E-state index contributed by atoms with van der Waals surface area (Å²) in [5, 5.41) is 11.0. The topological polar surface area (TPSA) is 74.2 Å². The molecule has 1 N–H and O–H groups in total. The van der Waals surface area contributed by atoms with Crippen molar-refractivity contribution in [1.29, 1.82) is 0 Å². The molecule has 0 fully saturated rings. The van der Waals surface area contributed by atoms with Gasteiger partial charge in [-0.3, -0.25) is 4.79 Å². The molecule has 6 heteroatoms. The molecule has 1 aliphatic rings. The number of hydrogen-bond acceptors (Lipinski definition) is 6. The molecule has 2 aromatic rings. The van der Waals surface area contributed by atoms with Crippen LogP contribution in [0.25, 0.3) is 0 Å². The van der Waals surface area contributed by atoms with Gasteiger partial charge in [-0.25, -0.2) is 0 Å². The summed E-state index contributed by atoms with van der Waals surface area (Å²) in [7, 11) is 4.68. The van der Waals surface area contributed by atoms with E-state index in [1.54, 1.807) is 39.5 Å².